The maximum Gasteiger partial charge on any atom is 0.419 e. The summed E-state index contributed by atoms with van der Waals surface area (Å²) < 4.78 is 44.9. The van der Waals surface area contributed by atoms with Crippen LogP contribution in [0.15, 0.2) is 36.7 Å². The number of para-hydroxylation sites is 1. The minimum Gasteiger partial charge on any atom is -0.378 e. The topological polar surface area (TPSA) is 53.8 Å². The van der Waals surface area contributed by atoms with Crippen LogP contribution < -0.4 is 4.90 Å². The van der Waals surface area contributed by atoms with Crippen molar-refractivity contribution >= 4 is 11.7 Å². The quantitative estimate of drug-likeness (QED) is 0.699. The fourth-order valence-corrected chi connectivity index (χ4v) is 5.31. The van der Waals surface area contributed by atoms with E-state index in [0.29, 0.717) is 19.3 Å². The van der Waals surface area contributed by atoms with Crippen molar-refractivity contribution in [3.05, 3.63) is 47.8 Å². The summed E-state index contributed by atoms with van der Waals surface area (Å²) in [6, 6.07) is 8.00. The predicted octanol–water partition coefficient (Wildman–Crippen LogP) is 3.30. The van der Waals surface area contributed by atoms with Gasteiger partial charge in [-0.25, -0.2) is 4.79 Å². The second-order valence-electron chi connectivity index (χ2n) is 9.31. The number of carbonyl (C=O) groups is 1. The van der Waals surface area contributed by atoms with Crippen molar-refractivity contribution in [1.82, 2.24) is 19.6 Å². The first-order valence-corrected chi connectivity index (χ1v) is 11.4. The molecule has 0 saturated carbocycles. The number of hydrogen-bond donors (Lipinski definition) is 0. The van der Waals surface area contributed by atoms with Gasteiger partial charge in [-0.3, -0.25) is 4.90 Å². The van der Waals surface area contributed by atoms with Gasteiger partial charge in [0.15, 0.2) is 0 Å². The largest absolute Gasteiger partial charge is 0.419 e. The molecule has 1 unspecified atom stereocenters. The molecule has 0 radical (unpaired) electrons. The number of ether oxygens (including phenoxy) is 1. The molecule has 1 spiro atoms. The summed E-state index contributed by atoms with van der Waals surface area (Å²) in [6.07, 6.45) is -1.20. The number of hydrogen-bond acceptors (Lipinski definition) is 5. The zero-order chi connectivity index (χ0) is 23.1. The van der Waals surface area contributed by atoms with E-state index in [-0.39, 0.29) is 5.41 Å². The lowest BCUT2D eigenvalue weighted by Gasteiger charge is -2.31. The highest BCUT2D eigenvalue weighted by Gasteiger charge is 2.45. The van der Waals surface area contributed by atoms with Crippen LogP contribution in [-0.2, 0) is 17.5 Å². The minimum atomic E-state index is -4.51. The third-order valence-corrected chi connectivity index (χ3v) is 7.07. The number of rotatable bonds is 3. The first-order chi connectivity index (χ1) is 15.8. The molecule has 0 bridgehead atoms. The van der Waals surface area contributed by atoms with Crippen LogP contribution in [0.25, 0.3) is 0 Å². The third kappa shape index (κ3) is 4.59. The van der Waals surface area contributed by atoms with Crippen LogP contribution in [-0.4, -0.2) is 78.1 Å². The fourth-order valence-electron chi connectivity index (χ4n) is 5.31. The lowest BCUT2D eigenvalue weighted by Crippen LogP contribution is -2.37. The van der Waals surface area contributed by atoms with E-state index in [0.717, 1.165) is 69.7 Å². The van der Waals surface area contributed by atoms with Gasteiger partial charge in [0.05, 0.1) is 25.0 Å². The van der Waals surface area contributed by atoms with Crippen LogP contribution in [0.4, 0.5) is 23.7 Å². The Morgan fingerprint density at radius 2 is 1.82 bits per heavy atom. The summed E-state index contributed by atoms with van der Waals surface area (Å²) in [5, 5.41) is 3.65. The van der Waals surface area contributed by atoms with E-state index in [1.807, 2.05) is 0 Å². The van der Waals surface area contributed by atoms with Crippen molar-refractivity contribution < 1.29 is 22.7 Å². The van der Waals surface area contributed by atoms with Crippen LogP contribution in [0.2, 0.25) is 0 Å². The van der Waals surface area contributed by atoms with Gasteiger partial charge in [-0.2, -0.15) is 23.0 Å². The lowest BCUT2D eigenvalue weighted by atomic mass is 9.86. The van der Waals surface area contributed by atoms with Gasteiger partial charge in [-0.05, 0) is 31.0 Å². The molecule has 3 fully saturated rings. The molecular formula is C23H28F3N5O2. The zero-order valence-corrected chi connectivity index (χ0v) is 18.4. The molecule has 3 saturated heterocycles. The van der Waals surface area contributed by atoms with Crippen molar-refractivity contribution in [3.8, 4) is 0 Å². The Kier molecular flexibility index (Phi) is 5.82. The Morgan fingerprint density at radius 1 is 1.06 bits per heavy atom. The average molecular weight is 464 g/mol. The van der Waals surface area contributed by atoms with Crippen molar-refractivity contribution in [1.29, 1.82) is 0 Å². The molecule has 1 aromatic heterocycles. The van der Waals surface area contributed by atoms with Crippen LogP contribution in [0.1, 0.15) is 24.0 Å². The molecule has 1 aromatic carbocycles. The Labute approximate surface area is 190 Å². The number of benzene rings is 1. The van der Waals surface area contributed by atoms with E-state index in [4.69, 9.17) is 4.74 Å². The van der Waals surface area contributed by atoms with Gasteiger partial charge in [0.25, 0.3) is 0 Å². The number of aromatic nitrogens is 2. The fraction of sp³-hybridized carbons (Fsp3) is 0.565. The molecule has 0 aliphatic carbocycles. The molecule has 178 valence electrons. The number of morpholine rings is 1. The highest BCUT2D eigenvalue weighted by atomic mass is 19.4. The zero-order valence-electron chi connectivity index (χ0n) is 18.4. The van der Waals surface area contributed by atoms with E-state index in [1.54, 1.807) is 4.90 Å². The van der Waals surface area contributed by atoms with Gasteiger partial charge in [-0.1, -0.05) is 18.2 Å². The number of carbonyl (C=O) groups excluding carboxylic acids is 1. The monoisotopic (exact) mass is 463 g/mol. The van der Waals surface area contributed by atoms with E-state index in [2.05, 4.69) is 39.2 Å². The lowest BCUT2D eigenvalue weighted by molar-refractivity contribution is -0.137. The van der Waals surface area contributed by atoms with Gasteiger partial charge in [0.2, 0.25) is 0 Å². The minimum absolute atomic E-state index is 0.0103. The molecule has 10 heteroatoms. The number of halogens is 3. The van der Waals surface area contributed by atoms with Crippen LogP contribution in [0.3, 0.4) is 0 Å². The van der Waals surface area contributed by atoms with Crippen LogP contribution >= 0.6 is 0 Å². The molecule has 3 aliphatic rings. The smallest absolute Gasteiger partial charge is 0.378 e. The summed E-state index contributed by atoms with van der Waals surface area (Å²) >= 11 is 0. The predicted molar refractivity (Wildman–Crippen MR) is 116 cm³/mol. The normalized spacial score (nSPS) is 24.2. The molecule has 5 rings (SSSR count). The maximum absolute atomic E-state index is 12.9. The molecule has 3 aliphatic heterocycles. The Hall–Kier alpha value is -2.59. The number of nitrogens with zero attached hydrogens (tertiary/aromatic N) is 5. The van der Waals surface area contributed by atoms with E-state index < -0.39 is 17.8 Å². The summed E-state index contributed by atoms with van der Waals surface area (Å²) in [5.74, 6) is 0. The van der Waals surface area contributed by atoms with Crippen molar-refractivity contribution in [2.45, 2.75) is 25.6 Å². The first kappa shape index (κ1) is 22.2. The molecule has 1 atom stereocenters. The molecule has 4 heterocycles. The highest BCUT2D eigenvalue weighted by molar-refractivity contribution is 5.76. The second-order valence-corrected chi connectivity index (χ2v) is 9.31. The van der Waals surface area contributed by atoms with Gasteiger partial charge < -0.3 is 14.5 Å². The van der Waals surface area contributed by atoms with E-state index >= 15 is 0 Å². The van der Waals surface area contributed by atoms with Gasteiger partial charge >= 0.3 is 12.2 Å². The summed E-state index contributed by atoms with van der Waals surface area (Å²) in [7, 11) is 0. The maximum atomic E-state index is 12.9. The summed E-state index contributed by atoms with van der Waals surface area (Å²) in [4.78, 5) is 19.2. The summed E-state index contributed by atoms with van der Waals surface area (Å²) in [6.45, 7) is 7.02. The van der Waals surface area contributed by atoms with Crippen LogP contribution in [0, 0.1) is 5.41 Å². The molecular weight excluding hydrogens is 435 g/mol. The van der Waals surface area contributed by atoms with Crippen LogP contribution in [0.5, 0.6) is 0 Å². The molecule has 2 aromatic rings. The molecule has 1 amide bonds. The van der Waals surface area contributed by atoms with E-state index in [1.165, 1.54) is 11.3 Å². The van der Waals surface area contributed by atoms with E-state index in [9.17, 15) is 18.0 Å². The number of amides is 1. The summed E-state index contributed by atoms with van der Waals surface area (Å²) in [5.41, 5.74) is 1.63. The Balaban J connectivity index is 1.22. The molecule has 7 nitrogen and oxygen atoms in total. The van der Waals surface area contributed by atoms with Crippen molar-refractivity contribution in [2.75, 3.05) is 57.4 Å². The number of likely N-dealkylation sites (tertiary alicyclic amines) is 2. The number of alkyl halides is 3. The SMILES string of the molecule is O=C(N1CCC2(CCN(Cc3ccccc3N3CCOCC3)C2)C1)n1cc(C(F)(F)F)cn1. The highest BCUT2D eigenvalue weighted by Crippen LogP contribution is 2.40. The molecule has 0 N–H and O–H groups in total. The standard InChI is InChI=1S/C23H28F3N5O2/c24-23(25,26)19-13-27-31(15-19)21(32)30-8-6-22(17-30)5-7-28(16-22)14-18-3-1-2-4-20(18)29-9-11-33-12-10-29/h1-4,13,15H,5-12,14,16-17H2. The first-order valence-electron chi connectivity index (χ1n) is 11.4. The number of anilines is 1. The van der Waals surface area contributed by atoms with Crippen molar-refractivity contribution in [2.24, 2.45) is 5.41 Å². The third-order valence-electron chi connectivity index (χ3n) is 7.07. The molecule has 33 heavy (non-hydrogen) atoms. The van der Waals surface area contributed by atoms with Gasteiger partial charge in [-0.15, -0.1) is 0 Å². The Morgan fingerprint density at radius 3 is 2.58 bits per heavy atom. The van der Waals surface area contributed by atoms with Crippen molar-refractivity contribution in [3.63, 3.8) is 0 Å². The Bertz CT molecular complexity index is 1000. The van der Waals surface area contributed by atoms with Gasteiger partial charge in [0.1, 0.15) is 0 Å². The average Bonchev–Trinajstić information content (AvgIpc) is 3.55. The second kappa shape index (κ2) is 8.64. The van der Waals surface area contributed by atoms with Gasteiger partial charge in [0, 0.05) is 56.6 Å².